The number of carboxylic acids is 2. The molecule has 1 rings (SSSR count). The molecule has 2 atom stereocenters. The van der Waals surface area contributed by atoms with E-state index < -0.39 is 30.1 Å². The Morgan fingerprint density at radius 1 is 1.32 bits per heavy atom. The van der Waals surface area contributed by atoms with Gasteiger partial charge in [-0.2, -0.15) is 0 Å². The van der Waals surface area contributed by atoms with Gasteiger partial charge in [0.2, 0.25) is 0 Å². The molecule has 1 aliphatic rings. The summed E-state index contributed by atoms with van der Waals surface area (Å²) in [7, 11) is 0. The van der Waals surface area contributed by atoms with Crippen molar-refractivity contribution in [2.24, 2.45) is 5.41 Å². The monoisotopic (exact) mass is 270 g/mol. The van der Waals surface area contributed by atoms with Gasteiger partial charge in [-0.1, -0.05) is 6.92 Å². The first-order chi connectivity index (χ1) is 8.67. The maximum atomic E-state index is 11.0. The summed E-state index contributed by atoms with van der Waals surface area (Å²) < 4.78 is 5.32. The van der Waals surface area contributed by atoms with Crippen LogP contribution in [0.3, 0.4) is 0 Å². The Balaban J connectivity index is 3.11. The highest BCUT2D eigenvalue weighted by Crippen LogP contribution is 2.41. The van der Waals surface area contributed by atoms with E-state index in [2.05, 4.69) is 0 Å². The van der Waals surface area contributed by atoms with Crippen molar-refractivity contribution in [1.82, 2.24) is 0 Å². The molecule has 0 radical (unpaired) electrons. The maximum absolute atomic E-state index is 11.0. The van der Waals surface area contributed by atoms with Gasteiger partial charge in [-0.05, 0) is 31.1 Å². The number of hydrogen-bond donors (Lipinski definition) is 3. The second-order valence-electron chi connectivity index (χ2n) is 5.00. The van der Waals surface area contributed by atoms with Crippen molar-refractivity contribution >= 4 is 11.9 Å². The summed E-state index contributed by atoms with van der Waals surface area (Å²) in [6.45, 7) is 4.49. The Morgan fingerprint density at radius 2 is 1.89 bits per heavy atom. The van der Waals surface area contributed by atoms with Crippen molar-refractivity contribution in [2.75, 3.05) is 6.61 Å². The normalized spacial score (nSPS) is 27.1. The molecule has 0 aliphatic heterocycles. The van der Waals surface area contributed by atoms with Crippen LogP contribution in [0.15, 0.2) is 23.0 Å². The molecule has 0 spiro atoms. The molecule has 0 aromatic heterocycles. The lowest BCUT2D eigenvalue weighted by Crippen LogP contribution is -2.40. The number of aliphatic carboxylic acids is 2. The van der Waals surface area contributed by atoms with Crippen molar-refractivity contribution in [2.45, 2.75) is 33.3 Å². The first-order valence-electron chi connectivity index (χ1n) is 5.82. The Kier molecular flexibility index (Phi) is 4.36. The van der Waals surface area contributed by atoms with E-state index in [1.807, 2.05) is 0 Å². The third kappa shape index (κ3) is 3.35. The highest BCUT2D eigenvalue weighted by Gasteiger charge is 2.41. The Hall–Kier alpha value is -1.82. The number of ether oxygens (including phenoxy) is 1. The van der Waals surface area contributed by atoms with Gasteiger partial charge in [0.1, 0.15) is 12.4 Å². The van der Waals surface area contributed by atoms with E-state index in [1.54, 1.807) is 20.8 Å². The minimum Gasteiger partial charge on any atom is -0.508 e. The number of aliphatic hydroxyl groups is 1. The third-order valence-electron chi connectivity index (χ3n) is 3.34. The summed E-state index contributed by atoms with van der Waals surface area (Å²) in [4.78, 5) is 21.6. The molecule has 19 heavy (non-hydrogen) atoms. The van der Waals surface area contributed by atoms with Crippen molar-refractivity contribution in [3.8, 4) is 0 Å². The smallest absolute Gasteiger partial charge is 0.329 e. The minimum absolute atomic E-state index is 0.0106. The fraction of sp³-hybridized carbons (Fsp3) is 0.538. The number of carbonyl (C=O) groups is 2. The van der Waals surface area contributed by atoms with Crippen LogP contribution in [-0.2, 0) is 14.3 Å². The summed E-state index contributed by atoms with van der Waals surface area (Å²) in [5, 5.41) is 27.5. The average Bonchev–Trinajstić information content (AvgIpc) is 2.24. The average molecular weight is 270 g/mol. The number of carboxylic acid groups (broad SMARTS) is 2. The van der Waals surface area contributed by atoms with Gasteiger partial charge in [0.25, 0.3) is 0 Å². The van der Waals surface area contributed by atoms with Crippen LogP contribution in [0.1, 0.15) is 27.2 Å². The first kappa shape index (κ1) is 15.2. The molecule has 0 heterocycles. The fourth-order valence-corrected chi connectivity index (χ4v) is 2.33. The van der Waals surface area contributed by atoms with Crippen LogP contribution < -0.4 is 0 Å². The SMILES string of the molecule is CC1=C(C)C(OCC(=O)O)C(C)(CC(=O)O)C=C1O. The topological polar surface area (TPSA) is 104 Å². The van der Waals surface area contributed by atoms with E-state index in [0.717, 1.165) is 0 Å². The van der Waals surface area contributed by atoms with Crippen molar-refractivity contribution in [3.63, 3.8) is 0 Å². The molecule has 0 amide bonds. The molecule has 0 aromatic rings. The highest BCUT2D eigenvalue weighted by atomic mass is 16.5. The zero-order valence-corrected chi connectivity index (χ0v) is 11.1. The summed E-state index contributed by atoms with van der Waals surface area (Å²) in [5.74, 6) is -2.15. The van der Waals surface area contributed by atoms with Crippen LogP contribution in [-0.4, -0.2) is 40.0 Å². The molecule has 6 heteroatoms. The van der Waals surface area contributed by atoms with E-state index in [1.165, 1.54) is 6.08 Å². The molecule has 6 nitrogen and oxygen atoms in total. The largest absolute Gasteiger partial charge is 0.508 e. The van der Waals surface area contributed by atoms with Crippen molar-refractivity contribution < 1.29 is 29.6 Å². The van der Waals surface area contributed by atoms with Crippen molar-refractivity contribution in [3.05, 3.63) is 23.0 Å². The van der Waals surface area contributed by atoms with Gasteiger partial charge >= 0.3 is 11.9 Å². The fourth-order valence-electron chi connectivity index (χ4n) is 2.33. The Labute approximate surface area is 111 Å². The molecule has 106 valence electrons. The molecule has 1 aliphatic carbocycles. The quantitative estimate of drug-likeness (QED) is 0.702. The minimum atomic E-state index is -1.12. The van der Waals surface area contributed by atoms with Gasteiger partial charge in [0.05, 0.1) is 12.5 Å². The Morgan fingerprint density at radius 3 is 2.37 bits per heavy atom. The molecular weight excluding hydrogens is 252 g/mol. The zero-order chi connectivity index (χ0) is 14.8. The standard InChI is InChI=1S/C13H18O6/c1-7-8(2)12(19-6-11(17)18)13(3,4-9(7)14)5-10(15)16/h4,12,14H,5-6H2,1-3H3,(H,15,16)(H,17,18). The van der Waals surface area contributed by atoms with Crippen molar-refractivity contribution in [1.29, 1.82) is 0 Å². The molecule has 0 saturated heterocycles. The van der Waals surface area contributed by atoms with Crippen LogP contribution in [0.25, 0.3) is 0 Å². The third-order valence-corrected chi connectivity index (χ3v) is 3.34. The number of rotatable bonds is 5. The molecule has 3 N–H and O–H groups in total. The van der Waals surface area contributed by atoms with Gasteiger partial charge < -0.3 is 20.1 Å². The number of aliphatic hydroxyl groups excluding tert-OH is 1. The summed E-state index contributed by atoms with van der Waals surface area (Å²) >= 11 is 0. The van der Waals surface area contributed by atoms with E-state index in [4.69, 9.17) is 14.9 Å². The summed E-state index contributed by atoms with van der Waals surface area (Å²) in [5.41, 5.74) is 0.248. The van der Waals surface area contributed by atoms with Gasteiger partial charge in [-0.3, -0.25) is 4.79 Å². The molecular formula is C13H18O6. The predicted molar refractivity (Wildman–Crippen MR) is 66.8 cm³/mol. The second kappa shape index (κ2) is 5.44. The van der Waals surface area contributed by atoms with Crippen LogP contribution in [0.5, 0.6) is 0 Å². The maximum Gasteiger partial charge on any atom is 0.329 e. The van der Waals surface area contributed by atoms with Crippen LogP contribution >= 0.6 is 0 Å². The molecule has 0 bridgehead atoms. The van der Waals surface area contributed by atoms with E-state index in [0.29, 0.717) is 11.1 Å². The van der Waals surface area contributed by atoms with Gasteiger partial charge in [0.15, 0.2) is 0 Å². The van der Waals surface area contributed by atoms with Gasteiger partial charge in [0, 0.05) is 5.41 Å². The first-order valence-corrected chi connectivity index (χ1v) is 5.82. The molecule has 0 aromatic carbocycles. The van der Waals surface area contributed by atoms with Crippen LogP contribution in [0.2, 0.25) is 0 Å². The number of allylic oxidation sites excluding steroid dienone is 1. The van der Waals surface area contributed by atoms with Gasteiger partial charge in [-0.15, -0.1) is 0 Å². The highest BCUT2D eigenvalue weighted by molar-refractivity contribution is 5.69. The predicted octanol–water partition coefficient (Wildman–Crippen LogP) is 1.73. The Bertz CT molecular complexity index is 462. The summed E-state index contributed by atoms with van der Waals surface area (Å²) in [6, 6.07) is 0. The van der Waals surface area contributed by atoms with E-state index in [9.17, 15) is 14.7 Å². The molecule has 2 unspecified atom stereocenters. The van der Waals surface area contributed by atoms with Crippen LogP contribution in [0.4, 0.5) is 0 Å². The van der Waals surface area contributed by atoms with Crippen LogP contribution in [0, 0.1) is 5.41 Å². The second-order valence-corrected chi connectivity index (χ2v) is 5.00. The summed E-state index contributed by atoms with van der Waals surface area (Å²) in [6.07, 6.45) is 0.484. The van der Waals surface area contributed by atoms with E-state index in [-0.39, 0.29) is 12.2 Å². The molecule has 0 fully saturated rings. The zero-order valence-electron chi connectivity index (χ0n) is 11.1. The lowest BCUT2D eigenvalue weighted by atomic mass is 9.73. The lowest BCUT2D eigenvalue weighted by Gasteiger charge is -2.38. The molecule has 0 saturated carbocycles. The lowest BCUT2D eigenvalue weighted by molar-refractivity contribution is -0.147. The van der Waals surface area contributed by atoms with E-state index >= 15 is 0 Å². The van der Waals surface area contributed by atoms with Gasteiger partial charge in [-0.25, -0.2) is 4.79 Å². The number of hydrogen-bond acceptors (Lipinski definition) is 4.